The largest absolute Gasteiger partial charge is 0.452 e. The molecule has 0 aromatic heterocycles. The fraction of sp³-hybridized carbons (Fsp3) is 0.290. The number of halogens is 3. The highest BCUT2D eigenvalue weighted by Crippen LogP contribution is 2.61. The van der Waals surface area contributed by atoms with Gasteiger partial charge in [0.05, 0.1) is 28.7 Å². The first-order valence-corrected chi connectivity index (χ1v) is 13.3. The van der Waals surface area contributed by atoms with E-state index in [1.54, 1.807) is 6.07 Å². The number of ether oxygens (including phenoxy) is 1. The number of alkyl halides is 3. The van der Waals surface area contributed by atoms with E-state index in [9.17, 15) is 32.3 Å². The van der Waals surface area contributed by atoms with Crippen LogP contribution in [0.1, 0.15) is 40.2 Å². The Morgan fingerprint density at radius 3 is 2.37 bits per heavy atom. The van der Waals surface area contributed by atoms with Crippen LogP contribution in [0, 0.1) is 23.7 Å². The summed E-state index contributed by atoms with van der Waals surface area (Å²) in [5, 5.41) is 2.27. The number of nitrogens with zero attached hydrogens (tertiary/aromatic N) is 1. The van der Waals surface area contributed by atoms with Crippen molar-refractivity contribution >= 4 is 35.1 Å². The van der Waals surface area contributed by atoms with E-state index in [-0.39, 0.29) is 52.4 Å². The van der Waals surface area contributed by atoms with Crippen molar-refractivity contribution in [1.82, 2.24) is 0 Å². The maximum atomic E-state index is 13.6. The molecule has 210 valence electrons. The SMILES string of the molecule is O=C(COC(=O)c1cccc(N2C(=O)[C@@H]3[C@@H]4C[C@@H]([C@H]3C2=O)[C@H](c2ccccc2)C4)c1)Nc1cccc(C(F)(F)F)c1. The number of esters is 1. The summed E-state index contributed by atoms with van der Waals surface area (Å²) in [5.74, 6) is -2.57. The number of fused-ring (bicyclic) bond motifs is 5. The van der Waals surface area contributed by atoms with Crippen LogP contribution in [0.2, 0.25) is 0 Å². The third kappa shape index (κ3) is 4.87. The highest BCUT2D eigenvalue weighted by atomic mass is 19.4. The van der Waals surface area contributed by atoms with E-state index in [1.165, 1.54) is 34.7 Å². The quantitative estimate of drug-likeness (QED) is 0.320. The van der Waals surface area contributed by atoms with Crippen LogP contribution in [0.25, 0.3) is 0 Å². The molecule has 1 saturated heterocycles. The number of hydrogen-bond acceptors (Lipinski definition) is 5. The van der Waals surface area contributed by atoms with E-state index in [0.29, 0.717) is 0 Å². The highest BCUT2D eigenvalue weighted by molar-refractivity contribution is 6.23. The summed E-state index contributed by atoms with van der Waals surface area (Å²) in [5.41, 5.74) is 0.440. The van der Waals surface area contributed by atoms with Gasteiger partial charge in [0.2, 0.25) is 11.8 Å². The average Bonchev–Trinajstić information content (AvgIpc) is 3.63. The molecule has 2 aliphatic carbocycles. The molecule has 0 spiro atoms. The molecule has 3 fully saturated rings. The number of amides is 3. The molecule has 0 unspecified atom stereocenters. The van der Waals surface area contributed by atoms with Crippen molar-refractivity contribution in [2.45, 2.75) is 24.9 Å². The number of rotatable bonds is 6. The molecule has 5 atom stereocenters. The smallest absolute Gasteiger partial charge is 0.416 e. The predicted octanol–water partition coefficient (Wildman–Crippen LogP) is 5.43. The molecule has 0 radical (unpaired) electrons. The van der Waals surface area contributed by atoms with Gasteiger partial charge in [-0.1, -0.05) is 42.5 Å². The lowest BCUT2D eigenvalue weighted by atomic mass is 9.73. The molecular formula is C31H25F3N2O5. The Hall–Kier alpha value is -4.47. The molecule has 2 bridgehead atoms. The molecule has 3 aliphatic rings. The van der Waals surface area contributed by atoms with E-state index in [2.05, 4.69) is 17.4 Å². The number of anilines is 2. The van der Waals surface area contributed by atoms with Crippen molar-refractivity contribution in [2.24, 2.45) is 23.7 Å². The van der Waals surface area contributed by atoms with Gasteiger partial charge in [-0.15, -0.1) is 0 Å². The van der Waals surface area contributed by atoms with Crippen molar-refractivity contribution in [3.8, 4) is 0 Å². The van der Waals surface area contributed by atoms with Crippen LogP contribution in [0.4, 0.5) is 24.5 Å². The van der Waals surface area contributed by atoms with Gasteiger partial charge in [0.25, 0.3) is 5.91 Å². The van der Waals surface area contributed by atoms with Crippen LogP contribution in [0.15, 0.2) is 78.9 Å². The van der Waals surface area contributed by atoms with Crippen LogP contribution < -0.4 is 10.2 Å². The van der Waals surface area contributed by atoms with Crippen molar-refractivity contribution in [3.63, 3.8) is 0 Å². The zero-order valence-electron chi connectivity index (χ0n) is 21.6. The lowest BCUT2D eigenvalue weighted by Crippen LogP contribution is -2.33. The summed E-state index contributed by atoms with van der Waals surface area (Å²) in [4.78, 5) is 53.1. The molecular weight excluding hydrogens is 537 g/mol. The lowest BCUT2D eigenvalue weighted by molar-refractivity contribution is -0.137. The molecule has 1 aliphatic heterocycles. The molecule has 1 N–H and O–H groups in total. The molecule has 6 rings (SSSR count). The summed E-state index contributed by atoms with van der Waals surface area (Å²) in [6, 6.07) is 20.0. The standard InChI is InChI=1S/C31H25F3N2O5/c32-31(33,34)20-9-5-10-21(15-20)35-25(37)16-41-30(40)18-8-4-11-22(12-18)36-28(38)26-19-13-23(17-6-2-1-3-7-17)24(14-19)27(26)29(36)39/h1-12,15,19,23-24,26-27H,13-14,16H2,(H,35,37)/t19-,23-,24+,26+,27+/m0/s1. The second-order valence-electron chi connectivity index (χ2n) is 10.7. The Labute approximate surface area is 233 Å². The fourth-order valence-electron chi connectivity index (χ4n) is 6.75. The summed E-state index contributed by atoms with van der Waals surface area (Å²) in [7, 11) is 0. The first kappa shape index (κ1) is 26.7. The lowest BCUT2D eigenvalue weighted by Gasteiger charge is -2.28. The monoisotopic (exact) mass is 562 g/mol. The zero-order chi connectivity index (χ0) is 28.9. The highest BCUT2D eigenvalue weighted by Gasteiger charge is 2.64. The molecule has 3 amide bonds. The number of imide groups is 1. The van der Waals surface area contributed by atoms with Gasteiger partial charge in [0.1, 0.15) is 0 Å². The van der Waals surface area contributed by atoms with Gasteiger partial charge in [0.15, 0.2) is 6.61 Å². The number of carbonyl (C=O) groups is 4. The van der Waals surface area contributed by atoms with Crippen LogP contribution >= 0.6 is 0 Å². The van der Waals surface area contributed by atoms with Gasteiger partial charge < -0.3 is 10.1 Å². The Morgan fingerprint density at radius 1 is 0.878 bits per heavy atom. The molecule has 1 heterocycles. The number of hydrogen-bond donors (Lipinski definition) is 1. The Morgan fingerprint density at radius 2 is 1.61 bits per heavy atom. The van der Waals surface area contributed by atoms with Crippen molar-refractivity contribution < 1.29 is 37.1 Å². The Kier molecular flexibility index (Phi) is 6.63. The van der Waals surface area contributed by atoms with Gasteiger partial charge in [-0.05, 0) is 72.6 Å². The van der Waals surface area contributed by atoms with Crippen LogP contribution in [0.3, 0.4) is 0 Å². The van der Waals surface area contributed by atoms with Crippen molar-refractivity contribution in [3.05, 3.63) is 95.6 Å². The predicted molar refractivity (Wildman–Crippen MR) is 142 cm³/mol. The molecule has 7 nitrogen and oxygen atoms in total. The van der Waals surface area contributed by atoms with Gasteiger partial charge in [0, 0.05) is 5.69 Å². The first-order chi connectivity index (χ1) is 19.6. The fourth-order valence-corrected chi connectivity index (χ4v) is 6.75. The minimum absolute atomic E-state index is 0.0252. The third-order valence-corrected chi connectivity index (χ3v) is 8.39. The summed E-state index contributed by atoms with van der Waals surface area (Å²) >= 11 is 0. The summed E-state index contributed by atoms with van der Waals surface area (Å²) in [6.45, 7) is -0.741. The summed E-state index contributed by atoms with van der Waals surface area (Å²) in [6.07, 6.45) is -2.87. The average molecular weight is 563 g/mol. The first-order valence-electron chi connectivity index (χ1n) is 13.3. The third-order valence-electron chi connectivity index (χ3n) is 8.39. The maximum Gasteiger partial charge on any atom is 0.416 e. The van der Waals surface area contributed by atoms with Crippen LogP contribution in [-0.2, 0) is 25.3 Å². The van der Waals surface area contributed by atoms with Gasteiger partial charge >= 0.3 is 12.1 Å². The van der Waals surface area contributed by atoms with E-state index >= 15 is 0 Å². The Bertz CT molecular complexity index is 1540. The van der Waals surface area contributed by atoms with Crippen LogP contribution in [-0.4, -0.2) is 30.3 Å². The molecule has 10 heteroatoms. The van der Waals surface area contributed by atoms with E-state index in [0.717, 1.165) is 31.0 Å². The number of benzene rings is 3. The maximum absolute atomic E-state index is 13.6. The van der Waals surface area contributed by atoms with Gasteiger partial charge in [-0.25, -0.2) is 4.79 Å². The normalized spacial score (nSPS) is 24.9. The second kappa shape index (κ2) is 10.2. The topological polar surface area (TPSA) is 92.8 Å². The van der Waals surface area contributed by atoms with Gasteiger partial charge in [-0.3, -0.25) is 19.3 Å². The number of carbonyl (C=O) groups excluding carboxylic acids is 4. The summed E-state index contributed by atoms with van der Waals surface area (Å²) < 4.78 is 43.8. The second-order valence-corrected chi connectivity index (χ2v) is 10.7. The molecule has 41 heavy (non-hydrogen) atoms. The van der Waals surface area contributed by atoms with E-state index in [4.69, 9.17) is 4.74 Å². The minimum Gasteiger partial charge on any atom is -0.452 e. The van der Waals surface area contributed by atoms with Crippen LogP contribution in [0.5, 0.6) is 0 Å². The van der Waals surface area contributed by atoms with E-state index in [1.807, 2.05) is 18.2 Å². The Balaban J connectivity index is 1.12. The van der Waals surface area contributed by atoms with E-state index < -0.39 is 36.1 Å². The molecule has 3 aromatic carbocycles. The minimum atomic E-state index is -4.57. The molecule has 3 aromatic rings. The molecule has 2 saturated carbocycles. The zero-order valence-corrected chi connectivity index (χ0v) is 21.6. The van der Waals surface area contributed by atoms with Gasteiger partial charge in [-0.2, -0.15) is 13.2 Å². The van der Waals surface area contributed by atoms with Crippen molar-refractivity contribution in [2.75, 3.05) is 16.8 Å². The number of nitrogens with one attached hydrogen (secondary N) is 1. The van der Waals surface area contributed by atoms with Crippen molar-refractivity contribution in [1.29, 1.82) is 0 Å².